The van der Waals surface area contributed by atoms with Crippen LogP contribution in [0.1, 0.15) is 24.0 Å². The zero-order valence-corrected chi connectivity index (χ0v) is 12.0. The molecule has 0 aliphatic carbocycles. The van der Waals surface area contributed by atoms with Crippen LogP contribution in [0.25, 0.3) is 0 Å². The molecular formula is C15H23NO3. The van der Waals surface area contributed by atoms with Crippen LogP contribution in [0, 0.1) is 0 Å². The lowest BCUT2D eigenvalue weighted by Gasteiger charge is -2.16. The van der Waals surface area contributed by atoms with E-state index in [2.05, 4.69) is 17.4 Å². The van der Waals surface area contributed by atoms with E-state index in [0.29, 0.717) is 12.6 Å². The minimum atomic E-state index is 0.494. The predicted molar refractivity (Wildman–Crippen MR) is 75.0 cm³/mol. The normalized spacial score (nSPS) is 18.6. The van der Waals surface area contributed by atoms with E-state index in [4.69, 9.17) is 14.2 Å². The van der Waals surface area contributed by atoms with Gasteiger partial charge in [0.15, 0.2) is 0 Å². The second kappa shape index (κ2) is 6.78. The fourth-order valence-electron chi connectivity index (χ4n) is 2.66. The van der Waals surface area contributed by atoms with Crippen LogP contribution in [-0.2, 0) is 17.8 Å². The number of rotatable bonds is 6. The summed E-state index contributed by atoms with van der Waals surface area (Å²) < 4.78 is 16.1. The SMILES string of the molecule is COCc1c(OC)cc(CC2CCCN2)cc1OC. The van der Waals surface area contributed by atoms with Gasteiger partial charge in [-0.25, -0.2) is 0 Å². The van der Waals surface area contributed by atoms with E-state index in [1.807, 2.05) is 0 Å². The fraction of sp³-hybridized carbons (Fsp3) is 0.600. The lowest BCUT2D eigenvalue weighted by molar-refractivity contribution is 0.178. The van der Waals surface area contributed by atoms with E-state index in [-0.39, 0.29) is 0 Å². The minimum Gasteiger partial charge on any atom is -0.496 e. The summed E-state index contributed by atoms with van der Waals surface area (Å²) in [4.78, 5) is 0. The molecule has 2 rings (SSSR count). The Morgan fingerprint density at radius 3 is 2.32 bits per heavy atom. The van der Waals surface area contributed by atoms with E-state index in [9.17, 15) is 0 Å². The van der Waals surface area contributed by atoms with E-state index >= 15 is 0 Å². The van der Waals surface area contributed by atoms with Crippen LogP contribution in [0.5, 0.6) is 11.5 Å². The second-order valence-corrected chi connectivity index (χ2v) is 4.91. The van der Waals surface area contributed by atoms with Crippen molar-refractivity contribution < 1.29 is 14.2 Å². The molecule has 1 aliphatic heterocycles. The summed E-state index contributed by atoms with van der Waals surface area (Å²) in [6, 6.07) is 4.76. The first-order valence-corrected chi connectivity index (χ1v) is 6.74. The number of ether oxygens (including phenoxy) is 3. The van der Waals surface area contributed by atoms with Crippen molar-refractivity contribution in [2.45, 2.75) is 31.9 Å². The molecule has 1 N–H and O–H groups in total. The van der Waals surface area contributed by atoms with E-state index in [0.717, 1.165) is 30.0 Å². The molecule has 1 aromatic rings. The van der Waals surface area contributed by atoms with Gasteiger partial charge < -0.3 is 19.5 Å². The molecule has 1 atom stereocenters. The summed E-state index contributed by atoms with van der Waals surface area (Å²) in [6.45, 7) is 1.62. The zero-order valence-electron chi connectivity index (χ0n) is 12.0. The number of nitrogens with one attached hydrogen (secondary N) is 1. The molecule has 1 aromatic carbocycles. The molecule has 1 unspecified atom stereocenters. The van der Waals surface area contributed by atoms with Crippen LogP contribution in [-0.4, -0.2) is 33.9 Å². The lowest BCUT2D eigenvalue weighted by Crippen LogP contribution is -2.23. The summed E-state index contributed by atoms with van der Waals surface area (Å²) in [6.07, 6.45) is 3.52. The Morgan fingerprint density at radius 1 is 1.16 bits per heavy atom. The van der Waals surface area contributed by atoms with Gasteiger partial charge in [0.25, 0.3) is 0 Å². The Hall–Kier alpha value is -1.26. The standard InChI is InChI=1S/C15H23NO3/c1-17-10-13-14(18-2)8-11(9-15(13)19-3)7-12-5-4-6-16-12/h8-9,12,16H,4-7,10H2,1-3H3. The Balaban J connectivity index is 2.24. The van der Waals surface area contributed by atoms with Gasteiger partial charge in [0, 0.05) is 13.2 Å². The van der Waals surface area contributed by atoms with Gasteiger partial charge in [0.1, 0.15) is 11.5 Å². The van der Waals surface area contributed by atoms with Crippen molar-refractivity contribution in [3.8, 4) is 11.5 Å². The highest BCUT2D eigenvalue weighted by molar-refractivity contribution is 5.48. The second-order valence-electron chi connectivity index (χ2n) is 4.91. The van der Waals surface area contributed by atoms with Gasteiger partial charge in [-0.1, -0.05) is 0 Å². The first-order chi connectivity index (χ1) is 9.28. The molecule has 0 saturated carbocycles. The minimum absolute atomic E-state index is 0.494. The van der Waals surface area contributed by atoms with Crippen LogP contribution < -0.4 is 14.8 Å². The summed E-state index contributed by atoms with van der Waals surface area (Å²) in [7, 11) is 5.05. The highest BCUT2D eigenvalue weighted by atomic mass is 16.5. The summed E-state index contributed by atoms with van der Waals surface area (Å²) in [5, 5.41) is 3.51. The average Bonchev–Trinajstić information content (AvgIpc) is 2.93. The number of benzene rings is 1. The number of hydrogen-bond donors (Lipinski definition) is 1. The van der Waals surface area contributed by atoms with Crippen molar-refractivity contribution in [1.82, 2.24) is 5.32 Å². The van der Waals surface area contributed by atoms with Crippen molar-refractivity contribution in [2.24, 2.45) is 0 Å². The maximum Gasteiger partial charge on any atom is 0.128 e. The summed E-state index contributed by atoms with van der Waals surface area (Å²) in [5.74, 6) is 1.68. The third-order valence-corrected chi connectivity index (χ3v) is 3.60. The monoisotopic (exact) mass is 265 g/mol. The first-order valence-electron chi connectivity index (χ1n) is 6.74. The maximum atomic E-state index is 5.47. The van der Waals surface area contributed by atoms with Gasteiger partial charge in [0.05, 0.1) is 26.4 Å². The van der Waals surface area contributed by atoms with Gasteiger partial charge in [0.2, 0.25) is 0 Å². The molecule has 4 heteroatoms. The van der Waals surface area contributed by atoms with Crippen molar-refractivity contribution in [3.63, 3.8) is 0 Å². The predicted octanol–water partition coefficient (Wildman–Crippen LogP) is 2.14. The van der Waals surface area contributed by atoms with E-state index < -0.39 is 0 Å². The highest BCUT2D eigenvalue weighted by Crippen LogP contribution is 2.32. The van der Waals surface area contributed by atoms with Crippen LogP contribution >= 0.6 is 0 Å². The third kappa shape index (κ3) is 3.39. The number of hydrogen-bond acceptors (Lipinski definition) is 4. The van der Waals surface area contributed by atoms with Gasteiger partial charge in [-0.3, -0.25) is 0 Å². The summed E-state index contributed by atoms with van der Waals surface area (Å²) >= 11 is 0. The molecular weight excluding hydrogens is 242 g/mol. The lowest BCUT2D eigenvalue weighted by atomic mass is 10.0. The first kappa shape index (κ1) is 14.2. The molecule has 0 spiro atoms. The van der Waals surface area contributed by atoms with Crippen molar-refractivity contribution in [2.75, 3.05) is 27.9 Å². The molecule has 1 heterocycles. The largest absolute Gasteiger partial charge is 0.496 e. The van der Waals surface area contributed by atoms with Gasteiger partial charge >= 0.3 is 0 Å². The molecule has 0 aromatic heterocycles. The van der Waals surface area contributed by atoms with Gasteiger partial charge in [-0.05, 0) is 43.5 Å². The van der Waals surface area contributed by atoms with Crippen molar-refractivity contribution >= 4 is 0 Å². The topological polar surface area (TPSA) is 39.7 Å². The molecule has 0 radical (unpaired) electrons. The molecule has 1 saturated heterocycles. The third-order valence-electron chi connectivity index (χ3n) is 3.60. The smallest absolute Gasteiger partial charge is 0.128 e. The van der Waals surface area contributed by atoms with Gasteiger partial charge in [-0.15, -0.1) is 0 Å². The van der Waals surface area contributed by atoms with Crippen LogP contribution in [0.4, 0.5) is 0 Å². The molecule has 4 nitrogen and oxygen atoms in total. The Kier molecular flexibility index (Phi) is 5.05. The molecule has 0 bridgehead atoms. The highest BCUT2D eigenvalue weighted by Gasteiger charge is 2.17. The average molecular weight is 265 g/mol. The van der Waals surface area contributed by atoms with Gasteiger partial charge in [-0.2, -0.15) is 0 Å². The molecule has 1 fully saturated rings. The maximum absolute atomic E-state index is 5.47. The van der Waals surface area contributed by atoms with Crippen LogP contribution in [0.3, 0.4) is 0 Å². The fourth-order valence-corrected chi connectivity index (χ4v) is 2.66. The Bertz CT molecular complexity index is 389. The molecule has 19 heavy (non-hydrogen) atoms. The molecule has 1 aliphatic rings. The van der Waals surface area contributed by atoms with Crippen molar-refractivity contribution in [1.29, 1.82) is 0 Å². The molecule has 0 amide bonds. The number of methoxy groups -OCH3 is 3. The summed E-state index contributed by atoms with van der Waals surface area (Å²) in [5.41, 5.74) is 2.21. The van der Waals surface area contributed by atoms with Crippen molar-refractivity contribution in [3.05, 3.63) is 23.3 Å². The Morgan fingerprint density at radius 2 is 1.84 bits per heavy atom. The van der Waals surface area contributed by atoms with E-state index in [1.54, 1.807) is 21.3 Å². The van der Waals surface area contributed by atoms with Crippen LogP contribution in [0.15, 0.2) is 12.1 Å². The molecule has 106 valence electrons. The Labute approximate surface area is 115 Å². The zero-order chi connectivity index (χ0) is 13.7. The van der Waals surface area contributed by atoms with E-state index in [1.165, 1.54) is 18.4 Å². The quantitative estimate of drug-likeness (QED) is 0.855. The van der Waals surface area contributed by atoms with Crippen LogP contribution in [0.2, 0.25) is 0 Å².